The predicted molar refractivity (Wildman–Crippen MR) is 57.4 cm³/mol. The Bertz CT molecular complexity index is 395. The third kappa shape index (κ3) is 2.11. The molecule has 0 radical (unpaired) electrons. The fraction of sp³-hybridized carbons (Fsp3) is 0.417. The van der Waals surface area contributed by atoms with E-state index in [4.69, 9.17) is 15.7 Å². The molecule has 2 rings (SSSR count). The predicted octanol–water partition coefficient (Wildman–Crippen LogP) is 1.93. The van der Waals surface area contributed by atoms with E-state index in [-0.39, 0.29) is 6.04 Å². The minimum Gasteiger partial charge on any atom is -0.493 e. The van der Waals surface area contributed by atoms with E-state index in [1.165, 1.54) is 5.56 Å². The maximum atomic E-state index is 8.49. The van der Waals surface area contributed by atoms with Gasteiger partial charge in [-0.15, -0.1) is 0 Å². The molecule has 1 atom stereocenters. The average Bonchev–Trinajstić information content (AvgIpc) is 2.72. The molecule has 15 heavy (non-hydrogen) atoms. The van der Waals surface area contributed by atoms with Gasteiger partial charge in [-0.3, -0.25) is 0 Å². The fourth-order valence-electron chi connectivity index (χ4n) is 1.82. The van der Waals surface area contributed by atoms with Crippen molar-refractivity contribution in [3.8, 4) is 11.8 Å². The van der Waals surface area contributed by atoms with Crippen LogP contribution in [0.25, 0.3) is 0 Å². The Kier molecular flexibility index (Phi) is 2.89. The number of benzene rings is 1. The van der Waals surface area contributed by atoms with Crippen molar-refractivity contribution in [1.29, 1.82) is 5.26 Å². The average molecular weight is 202 g/mol. The Labute approximate surface area is 89.5 Å². The Morgan fingerprint density at radius 2 is 2.40 bits per heavy atom. The second kappa shape index (κ2) is 4.33. The molecule has 1 heterocycles. The van der Waals surface area contributed by atoms with Gasteiger partial charge in [-0.05, 0) is 23.6 Å². The van der Waals surface area contributed by atoms with E-state index in [0.29, 0.717) is 6.42 Å². The Morgan fingerprint density at radius 1 is 1.53 bits per heavy atom. The van der Waals surface area contributed by atoms with Crippen LogP contribution in [0.15, 0.2) is 18.2 Å². The molecule has 1 unspecified atom stereocenters. The van der Waals surface area contributed by atoms with Crippen LogP contribution >= 0.6 is 0 Å². The number of nitriles is 1. The largest absolute Gasteiger partial charge is 0.493 e. The van der Waals surface area contributed by atoms with Crippen LogP contribution in [0, 0.1) is 11.3 Å². The molecule has 0 aromatic heterocycles. The van der Waals surface area contributed by atoms with Gasteiger partial charge < -0.3 is 10.5 Å². The molecule has 0 fully saturated rings. The van der Waals surface area contributed by atoms with Gasteiger partial charge in [-0.25, -0.2) is 0 Å². The first-order valence-corrected chi connectivity index (χ1v) is 5.19. The van der Waals surface area contributed by atoms with E-state index in [1.54, 1.807) is 0 Å². The van der Waals surface area contributed by atoms with E-state index in [0.717, 1.165) is 30.8 Å². The number of hydrogen-bond donors (Lipinski definition) is 1. The summed E-state index contributed by atoms with van der Waals surface area (Å²) >= 11 is 0. The summed E-state index contributed by atoms with van der Waals surface area (Å²) < 4.78 is 5.42. The zero-order valence-corrected chi connectivity index (χ0v) is 8.57. The van der Waals surface area contributed by atoms with Crippen LogP contribution in [0.1, 0.15) is 30.0 Å². The molecule has 1 aromatic rings. The van der Waals surface area contributed by atoms with Gasteiger partial charge in [0.2, 0.25) is 0 Å². The second-order valence-corrected chi connectivity index (χ2v) is 3.77. The molecule has 78 valence electrons. The second-order valence-electron chi connectivity index (χ2n) is 3.77. The standard InChI is InChI=1S/C12H14N2O/c13-6-1-2-11(14)9-3-4-12-10(8-9)5-7-15-12/h3-4,8,11H,1-2,5,7,14H2. The molecule has 3 nitrogen and oxygen atoms in total. The summed E-state index contributed by atoms with van der Waals surface area (Å²) in [5.41, 5.74) is 8.33. The lowest BCUT2D eigenvalue weighted by molar-refractivity contribution is 0.357. The van der Waals surface area contributed by atoms with Gasteiger partial charge in [-0.1, -0.05) is 12.1 Å². The summed E-state index contributed by atoms with van der Waals surface area (Å²) in [4.78, 5) is 0. The van der Waals surface area contributed by atoms with Crippen molar-refractivity contribution in [2.45, 2.75) is 25.3 Å². The number of ether oxygens (including phenoxy) is 1. The SMILES string of the molecule is N#CCCC(N)c1ccc2c(c1)CCO2. The van der Waals surface area contributed by atoms with Crippen LogP contribution in [-0.2, 0) is 6.42 Å². The van der Waals surface area contributed by atoms with Gasteiger partial charge in [0.05, 0.1) is 12.7 Å². The highest BCUT2D eigenvalue weighted by Crippen LogP contribution is 2.28. The number of fused-ring (bicyclic) bond motifs is 1. The first-order chi connectivity index (χ1) is 7.31. The van der Waals surface area contributed by atoms with E-state index < -0.39 is 0 Å². The monoisotopic (exact) mass is 202 g/mol. The van der Waals surface area contributed by atoms with E-state index in [2.05, 4.69) is 12.1 Å². The zero-order chi connectivity index (χ0) is 10.7. The maximum Gasteiger partial charge on any atom is 0.122 e. The van der Waals surface area contributed by atoms with Gasteiger partial charge in [0, 0.05) is 18.9 Å². The van der Waals surface area contributed by atoms with Gasteiger partial charge in [0.15, 0.2) is 0 Å². The van der Waals surface area contributed by atoms with Gasteiger partial charge in [0.25, 0.3) is 0 Å². The summed E-state index contributed by atoms with van der Waals surface area (Å²) in [5, 5.41) is 8.49. The van der Waals surface area contributed by atoms with E-state index >= 15 is 0 Å². The normalized spacial score (nSPS) is 15.2. The van der Waals surface area contributed by atoms with Gasteiger partial charge >= 0.3 is 0 Å². The molecule has 2 N–H and O–H groups in total. The van der Waals surface area contributed by atoms with Gasteiger partial charge in [0.1, 0.15) is 5.75 Å². The lowest BCUT2D eigenvalue weighted by atomic mass is 10.00. The Hall–Kier alpha value is -1.53. The van der Waals surface area contributed by atoms with Crippen molar-refractivity contribution in [2.24, 2.45) is 5.73 Å². The van der Waals surface area contributed by atoms with Crippen molar-refractivity contribution in [1.82, 2.24) is 0 Å². The van der Waals surface area contributed by atoms with Crippen molar-refractivity contribution >= 4 is 0 Å². The zero-order valence-electron chi connectivity index (χ0n) is 8.57. The molecule has 0 spiro atoms. The van der Waals surface area contributed by atoms with E-state index in [9.17, 15) is 0 Å². The Morgan fingerprint density at radius 3 is 3.20 bits per heavy atom. The molecule has 0 bridgehead atoms. The van der Waals surface area contributed by atoms with Crippen LogP contribution in [0.2, 0.25) is 0 Å². The van der Waals surface area contributed by atoms with E-state index in [1.807, 2.05) is 12.1 Å². The molecule has 1 aliphatic rings. The lowest BCUT2D eigenvalue weighted by Crippen LogP contribution is -2.09. The van der Waals surface area contributed by atoms with Crippen LogP contribution in [0.3, 0.4) is 0 Å². The topological polar surface area (TPSA) is 59.0 Å². The molecule has 0 aliphatic carbocycles. The molecule has 0 saturated heterocycles. The van der Waals surface area contributed by atoms with Crippen molar-refractivity contribution in [3.63, 3.8) is 0 Å². The number of hydrogen-bond acceptors (Lipinski definition) is 3. The molecule has 1 aromatic carbocycles. The molecular formula is C12H14N2O. The third-order valence-corrected chi connectivity index (χ3v) is 2.71. The molecule has 0 saturated carbocycles. The maximum absolute atomic E-state index is 8.49. The number of nitrogens with zero attached hydrogens (tertiary/aromatic N) is 1. The molecular weight excluding hydrogens is 188 g/mol. The summed E-state index contributed by atoms with van der Waals surface area (Å²) in [5.74, 6) is 0.978. The minimum atomic E-state index is -0.0319. The number of rotatable bonds is 3. The van der Waals surface area contributed by atoms with Crippen LogP contribution in [-0.4, -0.2) is 6.61 Å². The van der Waals surface area contributed by atoms with Crippen molar-refractivity contribution < 1.29 is 4.74 Å². The first kappa shape index (κ1) is 10.0. The Balaban J connectivity index is 2.12. The quantitative estimate of drug-likeness (QED) is 0.814. The summed E-state index contributed by atoms with van der Waals surface area (Å²) in [6.45, 7) is 0.770. The first-order valence-electron chi connectivity index (χ1n) is 5.19. The third-order valence-electron chi connectivity index (χ3n) is 2.71. The molecule has 3 heteroatoms. The fourth-order valence-corrected chi connectivity index (χ4v) is 1.82. The lowest BCUT2D eigenvalue weighted by Gasteiger charge is -2.11. The summed E-state index contributed by atoms with van der Waals surface area (Å²) in [6.07, 6.45) is 2.19. The molecule has 1 aliphatic heterocycles. The summed E-state index contributed by atoms with van der Waals surface area (Å²) in [6, 6.07) is 8.15. The highest BCUT2D eigenvalue weighted by molar-refractivity contribution is 5.40. The van der Waals surface area contributed by atoms with Gasteiger partial charge in [-0.2, -0.15) is 5.26 Å². The van der Waals surface area contributed by atoms with Crippen molar-refractivity contribution in [3.05, 3.63) is 29.3 Å². The van der Waals surface area contributed by atoms with Crippen LogP contribution in [0.4, 0.5) is 0 Å². The highest BCUT2D eigenvalue weighted by Gasteiger charge is 2.14. The minimum absolute atomic E-state index is 0.0319. The number of nitrogens with two attached hydrogens (primary N) is 1. The molecule has 0 amide bonds. The summed E-state index contributed by atoms with van der Waals surface area (Å²) in [7, 11) is 0. The highest BCUT2D eigenvalue weighted by atomic mass is 16.5. The smallest absolute Gasteiger partial charge is 0.122 e. The van der Waals surface area contributed by atoms with Crippen molar-refractivity contribution in [2.75, 3.05) is 6.61 Å². The van der Waals surface area contributed by atoms with Crippen LogP contribution < -0.4 is 10.5 Å². The van der Waals surface area contributed by atoms with Crippen LogP contribution in [0.5, 0.6) is 5.75 Å².